The molecular weight excluding hydrogens is 408 g/mol. The molecule has 1 aliphatic carbocycles. The van der Waals surface area contributed by atoms with Crippen LogP contribution in [0.15, 0.2) is 59.5 Å². The Morgan fingerprint density at radius 3 is 2.21 bits per heavy atom. The number of hydrogen-bond acceptors (Lipinski definition) is 3. The molecule has 0 heterocycles. The van der Waals surface area contributed by atoms with Crippen molar-refractivity contribution in [3.8, 4) is 0 Å². The SMILES string of the molecule is O=C(CN(Cc1ccccc1)S(=O)(=O)c1ccc(Cl)cc1)NC1CCCCCC1. The largest absolute Gasteiger partial charge is 0.352 e. The summed E-state index contributed by atoms with van der Waals surface area (Å²) in [6.45, 7) is -0.0831. The molecule has 156 valence electrons. The molecule has 0 spiro atoms. The number of hydrogen-bond donors (Lipinski definition) is 1. The zero-order chi connectivity index (χ0) is 20.7. The van der Waals surface area contributed by atoms with Crippen molar-refractivity contribution >= 4 is 27.5 Å². The Kier molecular flexibility index (Phi) is 7.70. The van der Waals surface area contributed by atoms with Crippen LogP contribution in [0, 0.1) is 0 Å². The van der Waals surface area contributed by atoms with Crippen molar-refractivity contribution in [2.75, 3.05) is 6.54 Å². The molecule has 1 amide bonds. The van der Waals surface area contributed by atoms with Gasteiger partial charge in [0.25, 0.3) is 0 Å². The van der Waals surface area contributed by atoms with E-state index in [1.165, 1.54) is 29.3 Å². The Morgan fingerprint density at radius 2 is 1.59 bits per heavy atom. The van der Waals surface area contributed by atoms with Crippen LogP contribution in [-0.4, -0.2) is 31.2 Å². The van der Waals surface area contributed by atoms with Crippen LogP contribution in [-0.2, 0) is 21.4 Å². The van der Waals surface area contributed by atoms with E-state index in [0.717, 1.165) is 31.2 Å². The van der Waals surface area contributed by atoms with Crippen molar-refractivity contribution in [3.05, 3.63) is 65.2 Å². The number of nitrogens with one attached hydrogen (secondary N) is 1. The van der Waals surface area contributed by atoms with Crippen LogP contribution in [0.5, 0.6) is 0 Å². The molecular formula is C22H27ClN2O3S. The summed E-state index contributed by atoms with van der Waals surface area (Å²) in [6.07, 6.45) is 6.49. The molecule has 3 rings (SSSR count). The zero-order valence-corrected chi connectivity index (χ0v) is 18.0. The predicted molar refractivity (Wildman–Crippen MR) is 115 cm³/mol. The van der Waals surface area contributed by atoms with E-state index in [9.17, 15) is 13.2 Å². The second-order valence-electron chi connectivity index (χ2n) is 7.47. The Hall–Kier alpha value is -1.89. The predicted octanol–water partition coefficient (Wildman–Crippen LogP) is 4.37. The molecule has 2 aromatic carbocycles. The van der Waals surface area contributed by atoms with Crippen LogP contribution in [0.25, 0.3) is 0 Å². The van der Waals surface area contributed by atoms with Crippen LogP contribution in [0.1, 0.15) is 44.1 Å². The van der Waals surface area contributed by atoms with Gasteiger partial charge in [0.15, 0.2) is 0 Å². The lowest BCUT2D eigenvalue weighted by Crippen LogP contribution is -2.43. The van der Waals surface area contributed by atoms with E-state index in [1.807, 2.05) is 30.3 Å². The van der Waals surface area contributed by atoms with Crippen LogP contribution >= 0.6 is 11.6 Å². The molecule has 0 radical (unpaired) electrons. The fourth-order valence-electron chi connectivity index (χ4n) is 3.63. The monoisotopic (exact) mass is 434 g/mol. The molecule has 0 unspecified atom stereocenters. The number of halogens is 1. The molecule has 0 aliphatic heterocycles. The van der Waals surface area contributed by atoms with E-state index in [2.05, 4.69) is 5.32 Å². The number of sulfonamides is 1. The Bertz CT molecular complexity index is 893. The normalized spacial score (nSPS) is 15.8. The highest BCUT2D eigenvalue weighted by Gasteiger charge is 2.27. The van der Waals surface area contributed by atoms with Gasteiger partial charge in [0, 0.05) is 17.6 Å². The highest BCUT2D eigenvalue weighted by atomic mass is 35.5. The van der Waals surface area contributed by atoms with Gasteiger partial charge in [-0.25, -0.2) is 8.42 Å². The van der Waals surface area contributed by atoms with E-state index in [4.69, 9.17) is 11.6 Å². The highest BCUT2D eigenvalue weighted by Crippen LogP contribution is 2.21. The Labute approximate surface area is 178 Å². The Morgan fingerprint density at radius 1 is 0.966 bits per heavy atom. The maximum Gasteiger partial charge on any atom is 0.243 e. The molecule has 29 heavy (non-hydrogen) atoms. The van der Waals surface area contributed by atoms with Crippen molar-refractivity contribution in [1.29, 1.82) is 0 Å². The minimum atomic E-state index is -3.85. The molecule has 1 aliphatic rings. The Balaban J connectivity index is 1.78. The fourth-order valence-corrected chi connectivity index (χ4v) is 5.14. The number of carbonyl (C=O) groups is 1. The molecule has 7 heteroatoms. The van der Waals surface area contributed by atoms with Crippen molar-refractivity contribution in [1.82, 2.24) is 9.62 Å². The van der Waals surface area contributed by atoms with Crippen LogP contribution in [0.2, 0.25) is 5.02 Å². The summed E-state index contributed by atoms with van der Waals surface area (Å²) in [5.74, 6) is -0.259. The summed E-state index contributed by atoms with van der Waals surface area (Å²) in [7, 11) is -3.85. The topological polar surface area (TPSA) is 66.5 Å². The second-order valence-corrected chi connectivity index (χ2v) is 9.84. The van der Waals surface area contributed by atoms with Gasteiger partial charge in [-0.3, -0.25) is 4.79 Å². The maximum absolute atomic E-state index is 13.2. The molecule has 1 fully saturated rings. The molecule has 5 nitrogen and oxygen atoms in total. The van der Waals surface area contributed by atoms with Crippen molar-refractivity contribution in [2.45, 2.75) is 56.0 Å². The summed E-state index contributed by atoms with van der Waals surface area (Å²) in [4.78, 5) is 12.8. The van der Waals surface area contributed by atoms with Gasteiger partial charge in [-0.15, -0.1) is 0 Å². The first-order valence-corrected chi connectivity index (χ1v) is 11.9. The molecule has 0 atom stereocenters. The third kappa shape index (κ3) is 6.29. The average molecular weight is 435 g/mol. The molecule has 1 N–H and O–H groups in total. The first-order chi connectivity index (χ1) is 13.9. The van der Waals surface area contributed by atoms with Gasteiger partial charge in [0.1, 0.15) is 0 Å². The van der Waals surface area contributed by atoms with Gasteiger partial charge in [-0.1, -0.05) is 67.6 Å². The number of amides is 1. The molecule has 0 aromatic heterocycles. The molecule has 2 aromatic rings. The summed E-state index contributed by atoms with van der Waals surface area (Å²) in [5, 5.41) is 3.50. The second kappa shape index (κ2) is 10.2. The average Bonchev–Trinajstić information content (AvgIpc) is 2.97. The third-order valence-electron chi connectivity index (χ3n) is 5.19. The van der Waals surface area contributed by atoms with Gasteiger partial charge in [-0.2, -0.15) is 4.31 Å². The van der Waals surface area contributed by atoms with E-state index < -0.39 is 10.0 Å². The van der Waals surface area contributed by atoms with Crippen LogP contribution in [0.3, 0.4) is 0 Å². The number of rotatable bonds is 7. The van der Waals surface area contributed by atoms with Crippen molar-refractivity contribution in [2.24, 2.45) is 0 Å². The summed E-state index contributed by atoms with van der Waals surface area (Å²) in [5.41, 5.74) is 0.826. The lowest BCUT2D eigenvalue weighted by Gasteiger charge is -2.24. The van der Waals surface area contributed by atoms with Crippen LogP contribution in [0.4, 0.5) is 0 Å². The summed E-state index contributed by atoms with van der Waals surface area (Å²) < 4.78 is 27.7. The smallest absolute Gasteiger partial charge is 0.243 e. The van der Waals surface area contributed by atoms with Gasteiger partial charge >= 0.3 is 0 Å². The minimum absolute atomic E-state index is 0.125. The number of nitrogens with zero attached hydrogens (tertiary/aromatic N) is 1. The van der Waals surface area contributed by atoms with Gasteiger partial charge in [0.05, 0.1) is 11.4 Å². The first kappa shape index (κ1) is 21.8. The number of carbonyl (C=O) groups excluding carboxylic acids is 1. The molecule has 1 saturated carbocycles. The van der Waals surface area contributed by atoms with Gasteiger partial charge in [0.2, 0.25) is 15.9 Å². The summed E-state index contributed by atoms with van der Waals surface area (Å²) >= 11 is 5.90. The van der Waals surface area contributed by atoms with Crippen molar-refractivity contribution in [3.63, 3.8) is 0 Å². The highest BCUT2D eigenvalue weighted by molar-refractivity contribution is 7.89. The van der Waals surface area contributed by atoms with E-state index >= 15 is 0 Å². The van der Waals surface area contributed by atoms with E-state index in [-0.39, 0.29) is 29.9 Å². The van der Waals surface area contributed by atoms with Gasteiger partial charge < -0.3 is 5.32 Å². The van der Waals surface area contributed by atoms with Crippen molar-refractivity contribution < 1.29 is 13.2 Å². The minimum Gasteiger partial charge on any atom is -0.352 e. The standard InChI is InChI=1S/C22H27ClN2O3S/c23-19-12-14-21(15-13-19)29(27,28)25(16-18-8-4-3-5-9-18)17-22(26)24-20-10-6-1-2-7-11-20/h3-5,8-9,12-15,20H,1-2,6-7,10-11,16-17H2,(H,24,26). The third-order valence-corrected chi connectivity index (χ3v) is 7.25. The fraction of sp³-hybridized carbons (Fsp3) is 0.409. The lowest BCUT2D eigenvalue weighted by atomic mass is 10.1. The number of benzene rings is 2. The zero-order valence-electron chi connectivity index (χ0n) is 16.4. The first-order valence-electron chi connectivity index (χ1n) is 10.0. The molecule has 0 bridgehead atoms. The summed E-state index contributed by atoms with van der Waals surface area (Å²) in [6, 6.07) is 15.4. The quantitative estimate of drug-likeness (QED) is 0.658. The molecule has 0 saturated heterocycles. The lowest BCUT2D eigenvalue weighted by molar-refractivity contribution is -0.122. The van der Waals surface area contributed by atoms with E-state index in [0.29, 0.717) is 5.02 Å². The van der Waals surface area contributed by atoms with E-state index in [1.54, 1.807) is 12.1 Å². The van der Waals surface area contributed by atoms with Crippen LogP contribution < -0.4 is 5.32 Å². The maximum atomic E-state index is 13.2. The van der Waals surface area contributed by atoms with Gasteiger partial charge in [-0.05, 0) is 42.7 Å².